The zero-order valence-corrected chi connectivity index (χ0v) is 17.8. The van der Waals surface area contributed by atoms with Gasteiger partial charge in [-0.15, -0.1) is 0 Å². The third-order valence-corrected chi connectivity index (χ3v) is 6.25. The lowest BCUT2D eigenvalue weighted by Gasteiger charge is -2.23. The first-order valence-corrected chi connectivity index (χ1v) is 11.0. The number of likely N-dealkylation sites (tertiary alicyclic amines) is 1. The number of anilines is 1. The third kappa shape index (κ3) is 3.38. The van der Waals surface area contributed by atoms with Gasteiger partial charge in [-0.1, -0.05) is 12.1 Å². The van der Waals surface area contributed by atoms with Gasteiger partial charge in [0.2, 0.25) is 0 Å². The summed E-state index contributed by atoms with van der Waals surface area (Å²) in [6.45, 7) is 0.725. The molecule has 5 aromatic rings. The van der Waals surface area contributed by atoms with Crippen molar-refractivity contribution in [2.24, 2.45) is 0 Å². The summed E-state index contributed by atoms with van der Waals surface area (Å²) in [5, 5.41) is 8.02. The number of rotatable bonds is 4. The fourth-order valence-electron chi connectivity index (χ4n) is 4.67. The third-order valence-electron chi connectivity index (χ3n) is 6.25. The molecule has 33 heavy (non-hydrogen) atoms. The number of imidazole rings is 1. The lowest BCUT2D eigenvalue weighted by molar-refractivity contribution is 0.0729. The van der Waals surface area contributed by atoms with Crippen LogP contribution < -0.4 is 5.73 Å². The minimum Gasteiger partial charge on any atom is -0.382 e. The lowest BCUT2D eigenvalue weighted by atomic mass is 10.1. The van der Waals surface area contributed by atoms with E-state index in [1.807, 2.05) is 41.3 Å². The Balaban J connectivity index is 1.33. The highest BCUT2D eigenvalue weighted by atomic mass is 16.2. The largest absolute Gasteiger partial charge is 0.382 e. The van der Waals surface area contributed by atoms with Gasteiger partial charge in [0.25, 0.3) is 5.91 Å². The topological polar surface area (TPSA) is 129 Å². The molecule has 1 atom stereocenters. The first-order chi connectivity index (χ1) is 16.2. The lowest BCUT2D eigenvalue weighted by Crippen LogP contribution is -2.37. The summed E-state index contributed by atoms with van der Waals surface area (Å²) < 4.78 is 0. The molecule has 5 heterocycles. The van der Waals surface area contributed by atoms with Crippen LogP contribution in [0.5, 0.6) is 0 Å². The van der Waals surface area contributed by atoms with Gasteiger partial charge in [-0.25, -0.2) is 9.97 Å². The Bertz CT molecular complexity index is 1460. The summed E-state index contributed by atoms with van der Waals surface area (Å²) in [5.74, 6) is 1.15. The molecule has 0 radical (unpaired) electrons. The molecule has 0 saturated carbocycles. The molecule has 1 aliphatic rings. The van der Waals surface area contributed by atoms with E-state index in [0.717, 1.165) is 52.9 Å². The van der Waals surface area contributed by atoms with Gasteiger partial charge < -0.3 is 15.6 Å². The summed E-state index contributed by atoms with van der Waals surface area (Å²) in [4.78, 5) is 31.9. The van der Waals surface area contributed by atoms with Crippen LogP contribution in [-0.4, -0.2) is 53.5 Å². The summed E-state index contributed by atoms with van der Waals surface area (Å²) in [5.41, 5.74) is 10.9. The van der Waals surface area contributed by atoms with Crippen LogP contribution in [0, 0.1) is 0 Å². The smallest absolute Gasteiger partial charge is 0.272 e. The van der Waals surface area contributed by atoms with E-state index < -0.39 is 0 Å². The van der Waals surface area contributed by atoms with Crippen LogP contribution in [0.25, 0.3) is 33.2 Å². The molecule has 1 aliphatic heterocycles. The van der Waals surface area contributed by atoms with Gasteiger partial charge in [0.15, 0.2) is 5.82 Å². The quantitative estimate of drug-likeness (QED) is 0.395. The average Bonchev–Trinajstić information content (AvgIpc) is 3.60. The molecule has 1 fully saturated rings. The maximum absolute atomic E-state index is 13.0. The second kappa shape index (κ2) is 7.70. The number of hydrogen-bond acceptors (Lipinski definition) is 6. The Morgan fingerprint density at radius 3 is 2.94 bits per heavy atom. The highest BCUT2D eigenvalue weighted by molar-refractivity contribution is 6.07. The number of benzene rings is 1. The SMILES string of the molecule is Nc1nc2cc(-c3cc[nH]n3)ccc2c2[nH]c(C[C@H]3CCCN3C(=O)c3ccccn3)nc12. The van der Waals surface area contributed by atoms with Gasteiger partial charge in [-0.05, 0) is 43.2 Å². The van der Waals surface area contributed by atoms with Crippen LogP contribution in [0.4, 0.5) is 5.82 Å². The number of hydrogen-bond donors (Lipinski definition) is 3. The number of aromatic amines is 2. The number of nitrogen functional groups attached to an aromatic ring is 1. The molecule has 9 heteroatoms. The minimum atomic E-state index is -0.0354. The maximum Gasteiger partial charge on any atom is 0.272 e. The van der Waals surface area contributed by atoms with E-state index in [2.05, 4.69) is 25.1 Å². The number of aromatic nitrogens is 6. The Morgan fingerprint density at radius 1 is 1.18 bits per heavy atom. The fraction of sp³-hybridized carbons (Fsp3) is 0.208. The number of carbonyl (C=O) groups excluding carboxylic acids is 1. The highest BCUT2D eigenvalue weighted by Gasteiger charge is 2.31. The molecule has 1 amide bonds. The molecule has 164 valence electrons. The number of nitrogens with one attached hydrogen (secondary N) is 2. The van der Waals surface area contributed by atoms with Crippen molar-refractivity contribution in [3.8, 4) is 11.3 Å². The van der Waals surface area contributed by atoms with Crippen molar-refractivity contribution in [3.05, 3.63) is 66.4 Å². The van der Waals surface area contributed by atoms with Gasteiger partial charge in [0.1, 0.15) is 17.0 Å². The molecule has 1 aromatic carbocycles. The van der Waals surface area contributed by atoms with Crippen LogP contribution in [0.1, 0.15) is 29.2 Å². The predicted molar refractivity (Wildman–Crippen MR) is 125 cm³/mol. The molecule has 9 nitrogen and oxygen atoms in total. The van der Waals surface area contributed by atoms with E-state index >= 15 is 0 Å². The first kappa shape index (κ1) is 19.4. The number of H-pyrrole nitrogens is 2. The molecule has 0 bridgehead atoms. The Hall–Kier alpha value is -4.27. The van der Waals surface area contributed by atoms with Crippen LogP contribution >= 0.6 is 0 Å². The Morgan fingerprint density at radius 2 is 2.12 bits per heavy atom. The summed E-state index contributed by atoms with van der Waals surface area (Å²) >= 11 is 0. The van der Waals surface area contributed by atoms with Crippen molar-refractivity contribution in [1.29, 1.82) is 0 Å². The standard InChI is InChI=1S/C24H22N8O/c25-23-22-21(16-7-6-14(12-19(16)28-23)17-8-10-27-31-17)29-20(30-22)13-15-4-3-11-32(15)24(33)18-5-1-2-9-26-18/h1-2,5-10,12,15H,3-4,11,13H2,(H2,25,28)(H,27,31)(H,29,30)/t15-/m1/s1. The fourth-order valence-corrected chi connectivity index (χ4v) is 4.67. The normalized spacial score (nSPS) is 16.1. The molecule has 0 aliphatic carbocycles. The van der Waals surface area contributed by atoms with Crippen LogP contribution in [0.15, 0.2) is 54.9 Å². The van der Waals surface area contributed by atoms with Gasteiger partial charge in [0, 0.05) is 42.4 Å². The maximum atomic E-state index is 13.0. The zero-order chi connectivity index (χ0) is 22.4. The van der Waals surface area contributed by atoms with Crippen LogP contribution in [-0.2, 0) is 6.42 Å². The molecule has 0 unspecified atom stereocenters. The van der Waals surface area contributed by atoms with E-state index in [-0.39, 0.29) is 11.9 Å². The second-order valence-electron chi connectivity index (χ2n) is 8.31. The van der Waals surface area contributed by atoms with Crippen molar-refractivity contribution in [2.45, 2.75) is 25.3 Å². The van der Waals surface area contributed by atoms with Crippen molar-refractivity contribution in [2.75, 3.05) is 12.3 Å². The van der Waals surface area contributed by atoms with E-state index in [9.17, 15) is 4.79 Å². The van der Waals surface area contributed by atoms with Crippen molar-refractivity contribution >= 4 is 33.7 Å². The van der Waals surface area contributed by atoms with Gasteiger partial charge in [0.05, 0.1) is 16.7 Å². The van der Waals surface area contributed by atoms with Gasteiger partial charge in [-0.2, -0.15) is 5.10 Å². The van der Waals surface area contributed by atoms with Crippen molar-refractivity contribution in [3.63, 3.8) is 0 Å². The number of fused-ring (bicyclic) bond motifs is 3. The van der Waals surface area contributed by atoms with Crippen LogP contribution in [0.3, 0.4) is 0 Å². The predicted octanol–water partition coefficient (Wildman–Crippen LogP) is 3.33. The molecule has 1 saturated heterocycles. The van der Waals surface area contributed by atoms with Crippen molar-refractivity contribution in [1.82, 2.24) is 35.0 Å². The van der Waals surface area contributed by atoms with E-state index in [0.29, 0.717) is 23.4 Å². The molecule has 4 N–H and O–H groups in total. The number of amides is 1. The molecule has 4 aromatic heterocycles. The number of carbonyl (C=O) groups is 1. The average molecular weight is 438 g/mol. The van der Waals surface area contributed by atoms with Crippen LogP contribution in [0.2, 0.25) is 0 Å². The van der Waals surface area contributed by atoms with Gasteiger partial charge in [-0.3, -0.25) is 14.9 Å². The van der Waals surface area contributed by atoms with E-state index in [1.165, 1.54) is 0 Å². The first-order valence-electron chi connectivity index (χ1n) is 11.0. The molecule has 0 spiro atoms. The minimum absolute atomic E-state index is 0.0354. The molecular weight excluding hydrogens is 416 g/mol. The summed E-state index contributed by atoms with van der Waals surface area (Å²) in [7, 11) is 0. The summed E-state index contributed by atoms with van der Waals surface area (Å²) in [6, 6.07) is 13.4. The highest BCUT2D eigenvalue weighted by Crippen LogP contribution is 2.30. The number of nitrogens with zero attached hydrogens (tertiary/aromatic N) is 5. The monoisotopic (exact) mass is 438 g/mol. The summed E-state index contributed by atoms with van der Waals surface area (Å²) in [6.07, 6.45) is 5.95. The molecule has 6 rings (SSSR count). The van der Waals surface area contributed by atoms with Crippen molar-refractivity contribution < 1.29 is 4.79 Å². The number of nitrogens with two attached hydrogens (primary N) is 1. The number of pyridine rings is 2. The van der Waals surface area contributed by atoms with E-state index in [4.69, 9.17) is 10.7 Å². The molecular formula is C24H22N8O. The second-order valence-corrected chi connectivity index (χ2v) is 8.31. The van der Waals surface area contributed by atoms with E-state index in [1.54, 1.807) is 18.5 Å². The Kier molecular flexibility index (Phi) is 4.53. The zero-order valence-electron chi connectivity index (χ0n) is 17.8. The Labute approximate surface area is 189 Å². The van der Waals surface area contributed by atoms with Gasteiger partial charge >= 0.3 is 0 Å².